The number of aliphatic hydroxyl groups is 1. The van der Waals surface area contributed by atoms with E-state index in [9.17, 15) is 5.11 Å². The lowest BCUT2D eigenvalue weighted by molar-refractivity contribution is -0.584. The third kappa shape index (κ3) is 1.75. The monoisotopic (exact) mass is 298 g/mol. The highest BCUT2D eigenvalue weighted by Gasteiger charge is 2.70. The fraction of sp³-hybridized carbons (Fsp3) is 1.00. The lowest BCUT2D eigenvalue weighted by atomic mass is 9.57. The van der Waals surface area contributed by atoms with Crippen molar-refractivity contribution in [2.45, 2.75) is 76.8 Å². The third-order valence-electron chi connectivity index (χ3n) is 6.57. The molecule has 0 radical (unpaired) electrons. The number of ether oxygens (including phenoxy) is 2. The van der Waals surface area contributed by atoms with Crippen molar-refractivity contribution in [1.29, 1.82) is 0 Å². The molecule has 1 spiro atoms. The molecule has 5 rings (SSSR count). The minimum Gasteiger partial charge on any atom is -0.365 e. The molecule has 0 aromatic heterocycles. The van der Waals surface area contributed by atoms with Crippen LogP contribution in [0.1, 0.15) is 53.4 Å². The van der Waals surface area contributed by atoms with Gasteiger partial charge in [0.15, 0.2) is 17.7 Å². The van der Waals surface area contributed by atoms with E-state index < -0.39 is 23.5 Å². The molecule has 8 atom stereocenters. The molecule has 5 aliphatic rings. The molecule has 5 heteroatoms. The van der Waals surface area contributed by atoms with Crippen molar-refractivity contribution in [2.24, 2.45) is 23.7 Å². The molecule has 5 fully saturated rings. The van der Waals surface area contributed by atoms with E-state index in [0.29, 0.717) is 11.8 Å². The normalized spacial score (nSPS) is 63.0. The molecular formula is C16H26O5. The minimum atomic E-state index is -1.18. The Bertz CT molecular complexity index is 452. The van der Waals surface area contributed by atoms with Gasteiger partial charge in [-0.25, -0.2) is 9.78 Å². The van der Waals surface area contributed by atoms with E-state index >= 15 is 0 Å². The van der Waals surface area contributed by atoms with Crippen LogP contribution in [0.3, 0.4) is 0 Å². The maximum absolute atomic E-state index is 10.7. The quantitative estimate of drug-likeness (QED) is 0.697. The molecule has 0 aromatic rings. The van der Waals surface area contributed by atoms with Crippen molar-refractivity contribution < 1.29 is 24.4 Å². The first-order valence-corrected chi connectivity index (χ1v) is 8.23. The van der Waals surface area contributed by atoms with Gasteiger partial charge in [-0.1, -0.05) is 13.8 Å². The summed E-state index contributed by atoms with van der Waals surface area (Å²) in [6.07, 6.45) is 3.43. The van der Waals surface area contributed by atoms with E-state index in [4.69, 9.17) is 19.2 Å². The smallest absolute Gasteiger partial charge is 0.201 e. The van der Waals surface area contributed by atoms with E-state index in [1.165, 1.54) is 0 Å². The predicted molar refractivity (Wildman–Crippen MR) is 73.7 cm³/mol. The summed E-state index contributed by atoms with van der Waals surface area (Å²) in [5.74, 6) is -0.878. The van der Waals surface area contributed by atoms with Crippen molar-refractivity contribution in [1.82, 2.24) is 0 Å². The highest BCUT2D eigenvalue weighted by atomic mass is 17.3. The van der Waals surface area contributed by atoms with Crippen molar-refractivity contribution in [3.05, 3.63) is 0 Å². The molecular weight excluding hydrogens is 272 g/mol. The van der Waals surface area contributed by atoms with Crippen LogP contribution in [0.5, 0.6) is 0 Å². The van der Waals surface area contributed by atoms with Crippen molar-refractivity contribution in [2.75, 3.05) is 0 Å². The Morgan fingerprint density at radius 3 is 2.48 bits per heavy atom. The summed E-state index contributed by atoms with van der Waals surface area (Å²) in [7, 11) is 0. The van der Waals surface area contributed by atoms with Crippen LogP contribution >= 0.6 is 0 Å². The largest absolute Gasteiger partial charge is 0.365 e. The molecule has 4 aliphatic heterocycles. The fourth-order valence-electron chi connectivity index (χ4n) is 5.08. The standard InChI is InChI=1S/C16H26O5/c1-9-5-6-12-10(2)15(4,17)19-13-16(12)11(9)7-8-14(3,18-13)20-21-16/h9-13,17H,5-8H2,1-4H3/t9-,10-,11?,12+,13+,14-,15+,16-/m1/s1. The van der Waals surface area contributed by atoms with Gasteiger partial charge in [0.05, 0.1) is 0 Å². The minimum absolute atomic E-state index is 0.0154. The summed E-state index contributed by atoms with van der Waals surface area (Å²) in [6.45, 7) is 7.97. The van der Waals surface area contributed by atoms with Crippen LogP contribution in [0, 0.1) is 23.7 Å². The molecule has 21 heavy (non-hydrogen) atoms. The Morgan fingerprint density at radius 2 is 1.71 bits per heavy atom. The van der Waals surface area contributed by atoms with Crippen LogP contribution < -0.4 is 0 Å². The number of fused-ring (bicyclic) bond motifs is 2. The van der Waals surface area contributed by atoms with Gasteiger partial charge in [-0.15, -0.1) is 0 Å². The fourth-order valence-corrected chi connectivity index (χ4v) is 5.08. The summed E-state index contributed by atoms with van der Waals surface area (Å²) in [6, 6.07) is 0. The van der Waals surface area contributed by atoms with Crippen molar-refractivity contribution in [3.63, 3.8) is 0 Å². The van der Waals surface area contributed by atoms with E-state index in [1.54, 1.807) is 6.92 Å². The van der Waals surface area contributed by atoms with E-state index in [1.807, 2.05) is 13.8 Å². The molecule has 0 amide bonds. The second-order valence-electron chi connectivity index (χ2n) is 7.87. The van der Waals surface area contributed by atoms with E-state index in [-0.39, 0.29) is 11.8 Å². The van der Waals surface area contributed by atoms with Gasteiger partial charge in [0.25, 0.3) is 0 Å². The number of rotatable bonds is 0. The second-order valence-corrected chi connectivity index (χ2v) is 7.87. The molecule has 1 saturated carbocycles. The van der Waals surface area contributed by atoms with Crippen LogP contribution in [-0.4, -0.2) is 28.6 Å². The van der Waals surface area contributed by atoms with Gasteiger partial charge < -0.3 is 14.6 Å². The average Bonchev–Trinajstić information content (AvgIpc) is 2.62. The Kier molecular flexibility index (Phi) is 2.88. The third-order valence-corrected chi connectivity index (χ3v) is 6.57. The van der Waals surface area contributed by atoms with Gasteiger partial charge in [0.2, 0.25) is 5.79 Å². The molecule has 120 valence electrons. The molecule has 2 bridgehead atoms. The summed E-state index contributed by atoms with van der Waals surface area (Å²) in [5, 5.41) is 10.7. The Balaban J connectivity index is 1.83. The maximum atomic E-state index is 10.7. The van der Waals surface area contributed by atoms with Crippen molar-refractivity contribution >= 4 is 0 Å². The first-order chi connectivity index (χ1) is 9.79. The van der Waals surface area contributed by atoms with Crippen LogP contribution in [-0.2, 0) is 19.2 Å². The molecule has 1 unspecified atom stereocenters. The van der Waals surface area contributed by atoms with Gasteiger partial charge >= 0.3 is 0 Å². The molecule has 4 saturated heterocycles. The van der Waals surface area contributed by atoms with E-state index in [2.05, 4.69) is 6.92 Å². The van der Waals surface area contributed by atoms with Crippen LogP contribution in [0.2, 0.25) is 0 Å². The zero-order valence-electron chi connectivity index (χ0n) is 13.3. The summed E-state index contributed by atoms with van der Waals surface area (Å²) >= 11 is 0. The predicted octanol–water partition coefficient (Wildman–Crippen LogP) is 2.58. The summed E-state index contributed by atoms with van der Waals surface area (Å²) in [5.41, 5.74) is -0.574. The zero-order chi connectivity index (χ0) is 15.0. The molecule has 0 aromatic carbocycles. The van der Waals surface area contributed by atoms with Gasteiger partial charge in [-0.3, -0.25) is 0 Å². The molecule has 1 N–H and O–H groups in total. The van der Waals surface area contributed by atoms with Gasteiger partial charge in [-0.05, 0) is 44.9 Å². The Labute approximate surface area is 125 Å². The van der Waals surface area contributed by atoms with Gasteiger partial charge in [0.1, 0.15) is 0 Å². The SMILES string of the molecule is C[C@@H]1CC[C@H]2[C@@H](C)[C@@](C)(O)O[C@@H]3O[C@@]4(C)CCC1[C@]32OO4. The molecule has 4 heterocycles. The number of hydrogen-bond donors (Lipinski definition) is 1. The Morgan fingerprint density at radius 1 is 0.952 bits per heavy atom. The maximum Gasteiger partial charge on any atom is 0.201 e. The zero-order valence-corrected chi connectivity index (χ0v) is 13.3. The topological polar surface area (TPSA) is 57.2 Å². The summed E-state index contributed by atoms with van der Waals surface area (Å²) in [4.78, 5) is 11.7. The van der Waals surface area contributed by atoms with Crippen LogP contribution in [0.15, 0.2) is 0 Å². The highest BCUT2D eigenvalue weighted by molar-refractivity contribution is 5.10. The van der Waals surface area contributed by atoms with Gasteiger partial charge in [0, 0.05) is 18.3 Å². The first kappa shape index (κ1) is 14.4. The lowest BCUT2D eigenvalue weighted by Crippen LogP contribution is -2.72. The van der Waals surface area contributed by atoms with Crippen molar-refractivity contribution in [3.8, 4) is 0 Å². The van der Waals surface area contributed by atoms with Crippen LogP contribution in [0.4, 0.5) is 0 Å². The molecule has 1 aliphatic carbocycles. The lowest BCUT2D eigenvalue weighted by Gasteiger charge is -2.61. The van der Waals surface area contributed by atoms with Gasteiger partial charge in [-0.2, -0.15) is 0 Å². The number of hydrogen-bond acceptors (Lipinski definition) is 5. The first-order valence-electron chi connectivity index (χ1n) is 8.23. The average molecular weight is 298 g/mol. The summed E-state index contributed by atoms with van der Waals surface area (Å²) < 4.78 is 12.1. The highest BCUT2D eigenvalue weighted by Crippen LogP contribution is 2.61. The second kappa shape index (κ2) is 4.20. The van der Waals surface area contributed by atoms with Crippen LogP contribution in [0.25, 0.3) is 0 Å². The Hall–Kier alpha value is -0.200. The molecule has 5 nitrogen and oxygen atoms in total. The van der Waals surface area contributed by atoms with E-state index in [0.717, 1.165) is 25.7 Å².